The van der Waals surface area contributed by atoms with E-state index in [1.807, 2.05) is 0 Å². The molecule has 0 radical (unpaired) electrons. The zero-order valence-electron chi connectivity index (χ0n) is 10.9. The van der Waals surface area contributed by atoms with Crippen LogP contribution in [-0.4, -0.2) is 10.0 Å². The summed E-state index contributed by atoms with van der Waals surface area (Å²) < 4.78 is 6.62. The lowest BCUT2D eigenvalue weighted by atomic mass is 10.1. The van der Waals surface area contributed by atoms with Gasteiger partial charge in [0.1, 0.15) is 16.0 Å². The van der Waals surface area contributed by atoms with Crippen molar-refractivity contribution in [2.24, 2.45) is 0 Å². The second kappa shape index (κ2) is 6.55. The van der Waals surface area contributed by atoms with Crippen molar-refractivity contribution in [2.75, 3.05) is 0 Å². The predicted molar refractivity (Wildman–Crippen MR) is 85.6 cm³/mol. The molecule has 2 aromatic rings. The van der Waals surface area contributed by atoms with E-state index < -0.39 is 11.0 Å². The summed E-state index contributed by atoms with van der Waals surface area (Å²) in [7, 11) is 0. The van der Waals surface area contributed by atoms with Crippen molar-refractivity contribution in [3.63, 3.8) is 0 Å². The average molecular weight is 417 g/mol. The fraction of sp³-hybridized carbons (Fsp3) is 0.143. The number of benzene rings is 2. The van der Waals surface area contributed by atoms with Crippen molar-refractivity contribution in [3.05, 3.63) is 61.0 Å². The monoisotopic (exact) mass is 415 g/mol. The third kappa shape index (κ3) is 3.61. The minimum absolute atomic E-state index is 0.0655. The molecule has 0 saturated carbocycles. The Morgan fingerprint density at radius 3 is 2.52 bits per heavy atom. The van der Waals surface area contributed by atoms with Crippen LogP contribution in [0.1, 0.15) is 18.6 Å². The van der Waals surface area contributed by atoms with Crippen molar-refractivity contribution >= 4 is 37.5 Å². The number of aliphatic hydroxyl groups excluding tert-OH is 1. The number of nitro benzene ring substituents is 1. The third-order valence-corrected chi connectivity index (χ3v) is 4.21. The number of hydrogen-bond donors (Lipinski definition) is 1. The van der Waals surface area contributed by atoms with E-state index in [0.717, 1.165) is 5.56 Å². The molecule has 0 unspecified atom stereocenters. The van der Waals surface area contributed by atoms with Crippen LogP contribution in [0.5, 0.6) is 11.5 Å². The molecular formula is C14H11Br2NO4. The maximum absolute atomic E-state index is 10.9. The van der Waals surface area contributed by atoms with Crippen molar-refractivity contribution in [1.82, 2.24) is 0 Å². The Morgan fingerprint density at radius 2 is 1.95 bits per heavy atom. The molecular weight excluding hydrogens is 406 g/mol. The lowest BCUT2D eigenvalue weighted by Crippen LogP contribution is -1.94. The summed E-state index contributed by atoms with van der Waals surface area (Å²) in [6, 6.07) is 9.74. The molecule has 0 aliphatic carbocycles. The first-order valence-electron chi connectivity index (χ1n) is 5.98. The molecule has 0 bridgehead atoms. The van der Waals surface area contributed by atoms with Gasteiger partial charge in [0.25, 0.3) is 5.69 Å². The van der Waals surface area contributed by atoms with E-state index in [4.69, 9.17) is 4.74 Å². The van der Waals surface area contributed by atoms with Crippen molar-refractivity contribution in [3.8, 4) is 11.5 Å². The SMILES string of the molecule is C[C@@H](O)c1ccc(Oc2cccc([N+](=O)[O-])c2Br)c(Br)c1. The molecule has 0 aromatic heterocycles. The van der Waals surface area contributed by atoms with Gasteiger partial charge in [-0.3, -0.25) is 10.1 Å². The van der Waals surface area contributed by atoms with Crippen LogP contribution in [0, 0.1) is 10.1 Å². The lowest BCUT2D eigenvalue weighted by molar-refractivity contribution is -0.385. The highest BCUT2D eigenvalue weighted by Crippen LogP contribution is 2.39. The highest BCUT2D eigenvalue weighted by molar-refractivity contribution is 9.11. The van der Waals surface area contributed by atoms with Crippen molar-refractivity contribution in [2.45, 2.75) is 13.0 Å². The number of aliphatic hydroxyl groups is 1. The molecule has 0 aliphatic heterocycles. The topological polar surface area (TPSA) is 72.6 Å². The van der Waals surface area contributed by atoms with E-state index in [2.05, 4.69) is 31.9 Å². The van der Waals surface area contributed by atoms with Gasteiger partial charge in [-0.2, -0.15) is 0 Å². The smallest absolute Gasteiger partial charge is 0.287 e. The minimum atomic E-state index is -0.583. The van der Waals surface area contributed by atoms with Gasteiger partial charge in [-0.1, -0.05) is 12.1 Å². The number of rotatable bonds is 4. The van der Waals surface area contributed by atoms with Crippen LogP contribution in [-0.2, 0) is 0 Å². The lowest BCUT2D eigenvalue weighted by Gasteiger charge is -2.11. The Bertz CT molecular complexity index is 689. The molecule has 21 heavy (non-hydrogen) atoms. The summed E-state index contributed by atoms with van der Waals surface area (Å²) in [5, 5.41) is 20.4. The molecule has 110 valence electrons. The molecule has 0 spiro atoms. The average Bonchev–Trinajstić information content (AvgIpc) is 2.42. The summed E-state index contributed by atoms with van der Waals surface area (Å²) in [4.78, 5) is 10.4. The second-order valence-corrected chi connectivity index (χ2v) is 5.96. The minimum Gasteiger partial charge on any atom is -0.455 e. The Labute approximate surface area is 138 Å². The highest BCUT2D eigenvalue weighted by atomic mass is 79.9. The van der Waals surface area contributed by atoms with Crippen LogP contribution < -0.4 is 4.74 Å². The van der Waals surface area contributed by atoms with Crippen molar-refractivity contribution in [1.29, 1.82) is 0 Å². The van der Waals surface area contributed by atoms with E-state index in [9.17, 15) is 15.2 Å². The molecule has 0 aliphatic rings. The molecule has 2 rings (SSSR count). The van der Waals surface area contributed by atoms with E-state index in [1.54, 1.807) is 37.3 Å². The zero-order chi connectivity index (χ0) is 15.6. The Morgan fingerprint density at radius 1 is 1.24 bits per heavy atom. The number of halogens is 2. The molecule has 0 saturated heterocycles. The van der Waals surface area contributed by atoms with Crippen LogP contribution >= 0.6 is 31.9 Å². The van der Waals surface area contributed by atoms with Gasteiger partial charge < -0.3 is 9.84 Å². The Kier molecular flexibility index (Phi) is 4.97. The second-order valence-electron chi connectivity index (χ2n) is 4.31. The number of nitrogens with zero attached hydrogens (tertiary/aromatic N) is 1. The van der Waals surface area contributed by atoms with Crippen LogP contribution in [0.3, 0.4) is 0 Å². The largest absolute Gasteiger partial charge is 0.455 e. The summed E-state index contributed by atoms with van der Waals surface area (Å²) in [5.74, 6) is 0.843. The molecule has 1 N–H and O–H groups in total. The first-order valence-corrected chi connectivity index (χ1v) is 7.57. The molecule has 5 nitrogen and oxygen atoms in total. The van der Waals surface area contributed by atoms with E-state index in [-0.39, 0.29) is 10.2 Å². The van der Waals surface area contributed by atoms with Gasteiger partial charge in [0, 0.05) is 6.07 Å². The van der Waals surface area contributed by atoms with Gasteiger partial charge in [0.2, 0.25) is 0 Å². The van der Waals surface area contributed by atoms with Gasteiger partial charge in [0.05, 0.1) is 15.5 Å². The van der Waals surface area contributed by atoms with Crippen molar-refractivity contribution < 1.29 is 14.8 Å². The molecule has 2 aromatic carbocycles. The maximum atomic E-state index is 10.9. The summed E-state index contributed by atoms with van der Waals surface area (Å²) in [5.41, 5.74) is 0.677. The zero-order valence-corrected chi connectivity index (χ0v) is 14.1. The van der Waals surface area contributed by atoms with E-state index in [1.165, 1.54) is 6.07 Å². The maximum Gasteiger partial charge on any atom is 0.287 e. The fourth-order valence-corrected chi connectivity index (χ4v) is 2.66. The van der Waals surface area contributed by atoms with Gasteiger partial charge in [-0.05, 0) is 62.5 Å². The third-order valence-electron chi connectivity index (χ3n) is 2.80. The number of nitro groups is 1. The summed E-state index contributed by atoms with van der Waals surface area (Å²) in [6.07, 6.45) is -0.583. The normalized spacial score (nSPS) is 12.0. The highest BCUT2D eigenvalue weighted by Gasteiger charge is 2.17. The Hall–Kier alpha value is -1.44. The van der Waals surface area contributed by atoms with Crippen LogP contribution in [0.4, 0.5) is 5.69 Å². The quantitative estimate of drug-likeness (QED) is 0.564. The fourth-order valence-electron chi connectivity index (χ4n) is 1.70. The molecule has 7 heteroatoms. The standard InChI is InChI=1S/C14H11Br2NO4/c1-8(18)9-5-6-12(10(15)7-9)21-13-4-2-3-11(14(13)16)17(19)20/h2-8,18H,1H3/t8-/m1/s1. The van der Waals surface area contributed by atoms with Crippen LogP contribution in [0.2, 0.25) is 0 Å². The van der Waals surface area contributed by atoms with Gasteiger partial charge in [-0.15, -0.1) is 0 Å². The summed E-state index contributed by atoms with van der Waals surface area (Å²) in [6.45, 7) is 1.67. The number of ether oxygens (including phenoxy) is 1. The van der Waals surface area contributed by atoms with Gasteiger partial charge in [-0.25, -0.2) is 0 Å². The van der Waals surface area contributed by atoms with Gasteiger partial charge in [0.15, 0.2) is 0 Å². The predicted octanol–water partition coefficient (Wildman–Crippen LogP) is 4.97. The molecule has 0 heterocycles. The van der Waals surface area contributed by atoms with Crippen LogP contribution in [0.15, 0.2) is 45.3 Å². The van der Waals surface area contributed by atoms with Crippen LogP contribution in [0.25, 0.3) is 0 Å². The van der Waals surface area contributed by atoms with Gasteiger partial charge >= 0.3 is 0 Å². The number of hydrogen-bond acceptors (Lipinski definition) is 4. The molecule has 0 amide bonds. The summed E-state index contributed by atoms with van der Waals surface area (Å²) >= 11 is 6.54. The first-order chi connectivity index (χ1) is 9.90. The van der Waals surface area contributed by atoms with E-state index >= 15 is 0 Å². The molecule has 1 atom stereocenters. The van der Waals surface area contributed by atoms with E-state index in [0.29, 0.717) is 16.0 Å². The molecule has 0 fully saturated rings. The Balaban J connectivity index is 2.35. The first kappa shape index (κ1) is 15.9.